The number of hydrogen-bond donors (Lipinski definition) is 2. The van der Waals surface area contributed by atoms with E-state index < -0.39 is 0 Å². The minimum atomic E-state index is -0.0396. The normalized spacial score (nSPS) is 23.1. The van der Waals surface area contributed by atoms with Crippen LogP contribution in [0.5, 0.6) is 0 Å². The van der Waals surface area contributed by atoms with Gasteiger partial charge >= 0.3 is 0 Å². The number of nitrogens with one attached hydrogen (secondary N) is 1. The third-order valence-electron chi connectivity index (χ3n) is 5.01. The van der Waals surface area contributed by atoms with Crippen LogP contribution in [0, 0.1) is 0 Å². The molecule has 2 saturated carbocycles. The van der Waals surface area contributed by atoms with Crippen LogP contribution < -0.4 is 11.1 Å². The van der Waals surface area contributed by atoms with E-state index in [0.717, 1.165) is 19.4 Å². The lowest BCUT2D eigenvalue weighted by molar-refractivity contribution is -0.127. The molecule has 2 aliphatic rings. The van der Waals surface area contributed by atoms with Crippen molar-refractivity contribution in [2.45, 2.75) is 82.8 Å². The number of carbonyl (C=O) groups excluding carboxylic acids is 1. The van der Waals surface area contributed by atoms with Gasteiger partial charge in [-0.15, -0.1) is 0 Å². The predicted molar refractivity (Wildman–Crippen MR) is 82.5 cm³/mol. The maximum Gasteiger partial charge on any atom is 0.237 e. The van der Waals surface area contributed by atoms with Gasteiger partial charge in [0.05, 0.1) is 6.04 Å². The number of nitrogens with zero attached hydrogens (tertiary/aromatic N) is 1. The minimum Gasteiger partial charge on any atom is -0.352 e. The van der Waals surface area contributed by atoms with Crippen molar-refractivity contribution in [1.29, 1.82) is 0 Å². The fourth-order valence-electron chi connectivity index (χ4n) is 3.80. The van der Waals surface area contributed by atoms with Gasteiger partial charge in [0.1, 0.15) is 0 Å². The Kier molecular flexibility index (Phi) is 6.30. The topological polar surface area (TPSA) is 58.4 Å². The fourth-order valence-corrected chi connectivity index (χ4v) is 3.80. The Morgan fingerprint density at radius 2 is 1.75 bits per heavy atom. The van der Waals surface area contributed by atoms with Gasteiger partial charge in [0.15, 0.2) is 0 Å². The van der Waals surface area contributed by atoms with Gasteiger partial charge in [-0.05, 0) is 32.6 Å². The van der Waals surface area contributed by atoms with Crippen molar-refractivity contribution in [1.82, 2.24) is 10.2 Å². The van der Waals surface area contributed by atoms with Crippen molar-refractivity contribution in [3.63, 3.8) is 0 Å². The molecule has 1 unspecified atom stereocenters. The van der Waals surface area contributed by atoms with Crippen LogP contribution in [0.3, 0.4) is 0 Å². The van der Waals surface area contributed by atoms with Gasteiger partial charge in [-0.25, -0.2) is 0 Å². The molecule has 0 radical (unpaired) electrons. The van der Waals surface area contributed by atoms with Gasteiger partial charge < -0.3 is 11.1 Å². The highest BCUT2D eigenvalue weighted by Crippen LogP contribution is 2.24. The number of hydrogen-bond acceptors (Lipinski definition) is 3. The van der Waals surface area contributed by atoms with Gasteiger partial charge in [-0.3, -0.25) is 9.69 Å². The van der Waals surface area contributed by atoms with Crippen molar-refractivity contribution in [2.24, 2.45) is 5.73 Å². The first-order chi connectivity index (χ1) is 9.72. The van der Waals surface area contributed by atoms with E-state index in [1.807, 2.05) is 0 Å². The quantitative estimate of drug-likeness (QED) is 0.783. The summed E-state index contributed by atoms with van der Waals surface area (Å²) in [6.45, 7) is 3.52. The zero-order valence-electron chi connectivity index (χ0n) is 12.9. The summed E-state index contributed by atoms with van der Waals surface area (Å²) in [5, 5.41) is 3.24. The average Bonchev–Trinajstić information content (AvgIpc) is 2.98. The van der Waals surface area contributed by atoms with Crippen LogP contribution in [-0.2, 0) is 4.79 Å². The summed E-state index contributed by atoms with van der Waals surface area (Å²) < 4.78 is 0. The Balaban J connectivity index is 1.90. The number of amides is 1. The molecule has 0 spiro atoms. The summed E-state index contributed by atoms with van der Waals surface area (Å²) in [5.41, 5.74) is 5.76. The van der Waals surface area contributed by atoms with Crippen LogP contribution in [0.2, 0.25) is 0 Å². The summed E-state index contributed by atoms with van der Waals surface area (Å²) >= 11 is 0. The molecule has 4 nitrogen and oxygen atoms in total. The number of nitrogens with two attached hydrogens (primary N) is 1. The van der Waals surface area contributed by atoms with Crippen LogP contribution in [0.25, 0.3) is 0 Å². The lowest BCUT2D eigenvalue weighted by Crippen LogP contribution is -2.53. The first-order valence-electron chi connectivity index (χ1n) is 8.48. The van der Waals surface area contributed by atoms with E-state index in [0.29, 0.717) is 18.6 Å². The largest absolute Gasteiger partial charge is 0.352 e. The van der Waals surface area contributed by atoms with Gasteiger partial charge in [0.2, 0.25) is 5.91 Å². The van der Waals surface area contributed by atoms with Crippen molar-refractivity contribution in [3.05, 3.63) is 0 Å². The molecule has 116 valence electrons. The average molecular weight is 281 g/mol. The van der Waals surface area contributed by atoms with Crippen LogP contribution in [0.15, 0.2) is 0 Å². The van der Waals surface area contributed by atoms with E-state index in [9.17, 15) is 4.79 Å². The smallest absolute Gasteiger partial charge is 0.237 e. The van der Waals surface area contributed by atoms with E-state index >= 15 is 0 Å². The molecule has 1 amide bonds. The molecule has 2 rings (SSSR count). The summed E-state index contributed by atoms with van der Waals surface area (Å²) in [6.07, 6.45) is 11.2. The fraction of sp³-hybridized carbons (Fsp3) is 0.938. The van der Waals surface area contributed by atoms with Crippen molar-refractivity contribution in [2.75, 3.05) is 13.1 Å². The Labute approximate surface area is 123 Å². The second-order valence-electron chi connectivity index (χ2n) is 6.48. The zero-order chi connectivity index (χ0) is 14.4. The molecule has 1 atom stereocenters. The first-order valence-corrected chi connectivity index (χ1v) is 8.48. The van der Waals surface area contributed by atoms with Gasteiger partial charge in [0, 0.05) is 25.2 Å². The lowest BCUT2D eigenvalue weighted by Gasteiger charge is -2.38. The number of rotatable bonds is 6. The van der Waals surface area contributed by atoms with Crippen LogP contribution >= 0.6 is 0 Å². The highest BCUT2D eigenvalue weighted by atomic mass is 16.2. The monoisotopic (exact) mass is 281 g/mol. The molecule has 0 heterocycles. The summed E-state index contributed by atoms with van der Waals surface area (Å²) in [5.74, 6) is 0.205. The SMILES string of the molecule is CC(C(=O)NC1CCCC1)N(CCN)C1CCCCC1. The van der Waals surface area contributed by atoms with Gasteiger partial charge in [-0.2, -0.15) is 0 Å². The molecule has 0 aromatic heterocycles. The van der Waals surface area contributed by atoms with Crippen LogP contribution in [0.1, 0.15) is 64.7 Å². The molecule has 0 saturated heterocycles. The van der Waals surface area contributed by atoms with Crippen LogP contribution in [-0.4, -0.2) is 42.0 Å². The van der Waals surface area contributed by atoms with E-state index in [1.54, 1.807) is 0 Å². The molecule has 0 aromatic carbocycles. The van der Waals surface area contributed by atoms with Gasteiger partial charge in [0.25, 0.3) is 0 Å². The molecular weight excluding hydrogens is 250 g/mol. The molecule has 0 aliphatic heterocycles. The maximum absolute atomic E-state index is 12.5. The molecule has 2 fully saturated rings. The number of carbonyl (C=O) groups is 1. The summed E-state index contributed by atoms with van der Waals surface area (Å²) in [4.78, 5) is 14.8. The van der Waals surface area contributed by atoms with E-state index in [1.165, 1.54) is 44.9 Å². The van der Waals surface area contributed by atoms with E-state index in [4.69, 9.17) is 5.73 Å². The highest BCUT2D eigenvalue weighted by Gasteiger charge is 2.30. The molecule has 3 N–H and O–H groups in total. The highest BCUT2D eigenvalue weighted by molar-refractivity contribution is 5.81. The molecular formula is C16H31N3O. The molecule has 2 aliphatic carbocycles. The Hall–Kier alpha value is -0.610. The first kappa shape index (κ1) is 15.8. The van der Waals surface area contributed by atoms with Crippen molar-refractivity contribution >= 4 is 5.91 Å². The Morgan fingerprint density at radius 3 is 2.35 bits per heavy atom. The maximum atomic E-state index is 12.5. The van der Waals surface area contributed by atoms with E-state index in [2.05, 4.69) is 17.1 Å². The van der Waals surface area contributed by atoms with Crippen LogP contribution in [0.4, 0.5) is 0 Å². The summed E-state index contributed by atoms with van der Waals surface area (Å²) in [6, 6.07) is 0.926. The molecule has 20 heavy (non-hydrogen) atoms. The second kappa shape index (κ2) is 7.99. The standard InChI is InChI=1S/C16H31N3O/c1-13(16(20)18-14-7-5-6-8-14)19(12-11-17)15-9-3-2-4-10-15/h13-15H,2-12,17H2,1H3,(H,18,20). The second-order valence-corrected chi connectivity index (χ2v) is 6.48. The molecule has 0 aromatic rings. The predicted octanol–water partition coefficient (Wildman–Crippen LogP) is 2.03. The van der Waals surface area contributed by atoms with Crippen molar-refractivity contribution < 1.29 is 4.79 Å². The molecule has 4 heteroatoms. The molecule has 0 bridgehead atoms. The van der Waals surface area contributed by atoms with Crippen molar-refractivity contribution in [3.8, 4) is 0 Å². The Bertz CT molecular complexity index is 296. The lowest BCUT2D eigenvalue weighted by atomic mass is 9.93. The summed E-state index contributed by atoms with van der Waals surface area (Å²) in [7, 11) is 0. The zero-order valence-corrected chi connectivity index (χ0v) is 12.9. The minimum absolute atomic E-state index is 0.0396. The van der Waals surface area contributed by atoms with Gasteiger partial charge in [-0.1, -0.05) is 32.1 Å². The third-order valence-corrected chi connectivity index (χ3v) is 5.01. The van der Waals surface area contributed by atoms with E-state index in [-0.39, 0.29) is 11.9 Å². The third kappa shape index (κ3) is 4.19. The Morgan fingerprint density at radius 1 is 1.15 bits per heavy atom.